The van der Waals surface area contributed by atoms with E-state index in [-0.39, 0.29) is 5.69 Å². The second-order valence-corrected chi connectivity index (χ2v) is 15.0. The molecule has 0 atom stereocenters. The summed E-state index contributed by atoms with van der Waals surface area (Å²) < 4.78 is 71.9. The molecule has 3 aromatic carbocycles. The molecule has 50 heavy (non-hydrogen) atoms. The first-order valence-electron chi connectivity index (χ1n) is 15.9. The number of benzene rings is 3. The Morgan fingerprint density at radius 2 is 1.60 bits per heavy atom. The highest BCUT2D eigenvalue weighted by molar-refractivity contribution is 7.93. The summed E-state index contributed by atoms with van der Waals surface area (Å²) in [4.78, 5) is 22.5. The third kappa shape index (κ3) is 6.04. The molecule has 1 fully saturated rings. The van der Waals surface area contributed by atoms with Crippen LogP contribution in [0.2, 0.25) is 0 Å². The number of fused-ring (bicyclic) bond motifs is 5. The molecule has 258 valence electrons. The zero-order valence-electron chi connectivity index (χ0n) is 27.3. The lowest BCUT2D eigenvalue weighted by Gasteiger charge is -2.43. The van der Waals surface area contributed by atoms with Gasteiger partial charge in [-0.15, -0.1) is 0 Å². The fourth-order valence-corrected chi connectivity index (χ4v) is 6.82. The lowest BCUT2D eigenvalue weighted by molar-refractivity contribution is -0.0429. The smallest absolute Gasteiger partial charge is 0.444 e. The molecule has 0 spiro atoms. The predicted molar refractivity (Wildman–Crippen MR) is 184 cm³/mol. The largest absolute Gasteiger partial charge is 0.516 e. The normalized spacial score (nSPS) is 14.9. The summed E-state index contributed by atoms with van der Waals surface area (Å²) in [7, 11) is -5.60. The molecular weight excluding hydrogens is 669 g/mol. The van der Waals surface area contributed by atoms with Crippen molar-refractivity contribution in [2.45, 2.75) is 56.7 Å². The first-order valence-corrected chi connectivity index (χ1v) is 17.4. The van der Waals surface area contributed by atoms with Crippen LogP contribution in [0.3, 0.4) is 0 Å². The summed E-state index contributed by atoms with van der Waals surface area (Å²) in [5.74, 6) is 1.19. The molecule has 1 aliphatic heterocycles. The first kappa shape index (κ1) is 33.1. The molecule has 3 N–H and O–H groups in total. The summed E-state index contributed by atoms with van der Waals surface area (Å²) in [6.45, 7) is 5.45. The molecule has 7 rings (SSSR count). The standard InChI is InChI=1S/C36H33F3N6O4S/c1-34(2,3)49-33(46)43-35(19-7-20-35)24-15-11-23(12-16-24)30-29(22-13-17-25(18-14-22)44-50(47,48)36(37,38)39)42-32-26-8-4-5-9-27(26)41-31-28(45(30)32)10-6-21-40-31/h4-6,8-18,21,44H,7,19-20H2,1-3H3,(H,40,41)(H,43,46). The quantitative estimate of drug-likeness (QED) is 0.159. The van der Waals surface area contributed by atoms with Crippen LogP contribution < -0.4 is 15.4 Å². The maximum absolute atomic E-state index is 13.1. The third-order valence-electron chi connectivity index (χ3n) is 8.70. The van der Waals surface area contributed by atoms with Crippen molar-refractivity contribution in [2.75, 3.05) is 10.0 Å². The van der Waals surface area contributed by atoms with Crippen LogP contribution in [0.5, 0.6) is 0 Å². The Labute approximate surface area is 286 Å². The molecule has 3 heterocycles. The van der Waals surface area contributed by atoms with E-state index in [9.17, 15) is 26.4 Å². The maximum atomic E-state index is 13.1. The number of nitrogens with one attached hydrogen (secondary N) is 3. The average Bonchev–Trinajstić information content (AvgIpc) is 3.36. The number of carbonyl (C=O) groups is 1. The molecular formula is C36H33F3N6O4S. The van der Waals surface area contributed by atoms with E-state index in [0.29, 0.717) is 34.3 Å². The molecule has 14 heteroatoms. The van der Waals surface area contributed by atoms with Gasteiger partial charge in [0.1, 0.15) is 11.4 Å². The summed E-state index contributed by atoms with van der Waals surface area (Å²) in [6, 6.07) is 24.8. The maximum Gasteiger partial charge on any atom is 0.516 e. The van der Waals surface area contributed by atoms with Gasteiger partial charge in [0.05, 0.1) is 28.3 Å². The number of hydrogen-bond donors (Lipinski definition) is 3. The van der Waals surface area contributed by atoms with Crippen LogP contribution in [0.15, 0.2) is 91.1 Å². The Bertz CT molecular complexity index is 2210. The Kier molecular flexibility index (Phi) is 7.89. The number of ether oxygens (including phenoxy) is 1. The Morgan fingerprint density at radius 1 is 0.920 bits per heavy atom. The number of aromatic nitrogens is 3. The lowest BCUT2D eigenvalue weighted by Crippen LogP contribution is -2.52. The highest BCUT2D eigenvalue weighted by Gasteiger charge is 2.46. The van der Waals surface area contributed by atoms with Gasteiger partial charge < -0.3 is 15.4 Å². The number of pyridine rings is 1. The summed E-state index contributed by atoms with van der Waals surface area (Å²) in [6.07, 6.45) is 3.65. The number of imidazole rings is 1. The minimum Gasteiger partial charge on any atom is -0.444 e. The van der Waals surface area contributed by atoms with Crippen molar-refractivity contribution >= 4 is 33.3 Å². The van der Waals surface area contributed by atoms with Crippen molar-refractivity contribution in [3.8, 4) is 39.6 Å². The van der Waals surface area contributed by atoms with Gasteiger partial charge >= 0.3 is 21.6 Å². The number of sulfonamides is 1. The SMILES string of the molecule is CC(C)(C)OC(=O)NC1(c2ccc(-c3c(-c4ccc(NS(=O)(=O)C(F)(F)F)cc4)nc4n3-c3cccnc3Nc3ccccc3-4)cc2)CCC1. The van der Waals surface area contributed by atoms with Crippen LogP contribution in [-0.2, 0) is 20.3 Å². The van der Waals surface area contributed by atoms with Crippen LogP contribution in [0.4, 0.5) is 35.2 Å². The fraction of sp³-hybridized carbons (Fsp3) is 0.250. The number of hydrogen-bond acceptors (Lipinski definition) is 7. The molecule has 1 amide bonds. The van der Waals surface area contributed by atoms with Crippen molar-refractivity contribution in [3.05, 3.63) is 96.7 Å². The van der Waals surface area contributed by atoms with Crippen LogP contribution in [0, 0.1) is 0 Å². The van der Waals surface area contributed by atoms with Crippen LogP contribution in [0.25, 0.3) is 39.6 Å². The van der Waals surface area contributed by atoms with Gasteiger partial charge in [-0.05, 0) is 82.0 Å². The van der Waals surface area contributed by atoms with Gasteiger partial charge in [-0.2, -0.15) is 21.6 Å². The number of rotatable bonds is 6. The summed E-state index contributed by atoms with van der Waals surface area (Å²) in [5.41, 5.74) is -1.23. The molecule has 1 aliphatic carbocycles. The number of carbonyl (C=O) groups excluding carboxylic acids is 1. The van der Waals surface area contributed by atoms with Crippen molar-refractivity contribution in [1.82, 2.24) is 19.9 Å². The molecule has 5 aromatic rings. The van der Waals surface area contributed by atoms with E-state index >= 15 is 0 Å². The van der Waals surface area contributed by atoms with E-state index < -0.39 is 32.8 Å². The number of alkyl carbamates (subject to hydrolysis) is 1. The van der Waals surface area contributed by atoms with E-state index in [1.165, 1.54) is 24.3 Å². The molecule has 2 aromatic heterocycles. The zero-order valence-corrected chi connectivity index (χ0v) is 28.1. The molecule has 0 saturated heterocycles. The predicted octanol–water partition coefficient (Wildman–Crippen LogP) is 8.49. The second kappa shape index (κ2) is 11.9. The number of nitrogens with zero attached hydrogens (tertiary/aromatic N) is 3. The highest BCUT2D eigenvalue weighted by Crippen LogP contribution is 2.46. The van der Waals surface area contributed by atoms with Gasteiger partial charge in [0.15, 0.2) is 5.82 Å². The van der Waals surface area contributed by atoms with E-state index in [0.717, 1.165) is 41.6 Å². The lowest BCUT2D eigenvalue weighted by atomic mass is 9.71. The molecule has 1 saturated carbocycles. The monoisotopic (exact) mass is 702 g/mol. The summed E-state index contributed by atoms with van der Waals surface area (Å²) >= 11 is 0. The Hall–Kier alpha value is -5.37. The zero-order chi connectivity index (χ0) is 35.5. The third-order valence-corrected chi connectivity index (χ3v) is 9.81. The topological polar surface area (TPSA) is 127 Å². The summed E-state index contributed by atoms with van der Waals surface area (Å²) in [5, 5.41) is 6.51. The van der Waals surface area contributed by atoms with Crippen molar-refractivity contribution in [2.24, 2.45) is 0 Å². The molecule has 2 aliphatic rings. The minimum atomic E-state index is -5.60. The molecule has 0 unspecified atom stereocenters. The molecule has 0 radical (unpaired) electrons. The minimum absolute atomic E-state index is 0.245. The van der Waals surface area contributed by atoms with Crippen molar-refractivity contribution < 1.29 is 31.1 Å². The molecule has 0 bridgehead atoms. The van der Waals surface area contributed by atoms with E-state index in [2.05, 4.69) is 15.6 Å². The van der Waals surface area contributed by atoms with E-state index in [1.54, 1.807) is 10.9 Å². The first-order chi connectivity index (χ1) is 23.6. The van der Waals surface area contributed by atoms with Gasteiger partial charge in [0.2, 0.25) is 0 Å². The van der Waals surface area contributed by atoms with E-state index in [4.69, 9.17) is 9.72 Å². The highest BCUT2D eigenvalue weighted by atomic mass is 32.2. The van der Waals surface area contributed by atoms with Gasteiger partial charge in [-0.3, -0.25) is 9.29 Å². The average molecular weight is 703 g/mol. The van der Waals surface area contributed by atoms with E-state index in [1.807, 2.05) is 86.0 Å². The fourth-order valence-electron chi connectivity index (χ4n) is 6.26. The number of amides is 1. The Morgan fingerprint density at radius 3 is 2.24 bits per heavy atom. The van der Waals surface area contributed by atoms with Crippen molar-refractivity contribution in [1.29, 1.82) is 0 Å². The second-order valence-electron chi connectivity index (χ2n) is 13.3. The van der Waals surface area contributed by atoms with Crippen LogP contribution in [0.1, 0.15) is 45.6 Å². The number of para-hydroxylation sites is 1. The van der Waals surface area contributed by atoms with Crippen molar-refractivity contribution in [3.63, 3.8) is 0 Å². The number of halogens is 3. The van der Waals surface area contributed by atoms with Gasteiger partial charge in [0.25, 0.3) is 0 Å². The van der Waals surface area contributed by atoms with Gasteiger partial charge in [-0.1, -0.05) is 48.5 Å². The van der Waals surface area contributed by atoms with Crippen LogP contribution >= 0.6 is 0 Å². The molecule has 10 nitrogen and oxygen atoms in total. The Balaban J connectivity index is 1.36. The van der Waals surface area contributed by atoms with Gasteiger partial charge in [-0.25, -0.2) is 14.8 Å². The number of alkyl halides is 3. The van der Waals surface area contributed by atoms with Gasteiger partial charge in [0, 0.05) is 28.6 Å². The number of anilines is 3. The van der Waals surface area contributed by atoms with Crippen LogP contribution in [-0.4, -0.2) is 40.2 Å².